The molecular weight excluding hydrogens is 418 g/mol. The quantitative estimate of drug-likeness (QED) is 0.727. The number of piperidine rings is 1. The molecule has 1 unspecified atom stereocenters. The van der Waals surface area contributed by atoms with Crippen LogP contribution in [0.4, 0.5) is 4.79 Å². The highest BCUT2D eigenvalue weighted by Crippen LogP contribution is 2.22. The molecule has 2 saturated heterocycles. The lowest BCUT2D eigenvalue weighted by Crippen LogP contribution is -2.60. The molecule has 0 aromatic heterocycles. The number of amides is 3. The zero-order valence-electron chi connectivity index (χ0n) is 19.0. The first-order chi connectivity index (χ1) is 16.0. The summed E-state index contributed by atoms with van der Waals surface area (Å²) in [5, 5.41) is 18.0. The first-order valence-corrected chi connectivity index (χ1v) is 11.5. The van der Waals surface area contributed by atoms with Gasteiger partial charge in [-0.25, -0.2) is 4.79 Å². The smallest absolute Gasteiger partial charge is 0.318 e. The van der Waals surface area contributed by atoms with Gasteiger partial charge in [-0.05, 0) is 36.2 Å². The molecular formula is C25H31N5O3. The highest BCUT2D eigenvalue weighted by Gasteiger charge is 2.37. The van der Waals surface area contributed by atoms with Gasteiger partial charge in [-0.15, -0.1) is 0 Å². The lowest BCUT2D eigenvalue weighted by atomic mass is 9.88. The molecule has 2 aliphatic rings. The lowest BCUT2D eigenvalue weighted by Gasteiger charge is -2.37. The summed E-state index contributed by atoms with van der Waals surface area (Å²) in [4.78, 5) is 30.1. The van der Waals surface area contributed by atoms with Crippen LogP contribution in [0.1, 0.15) is 18.4 Å². The average molecular weight is 450 g/mol. The number of carbonyl (C=O) groups is 2. The molecule has 1 atom stereocenters. The Morgan fingerprint density at radius 2 is 1.79 bits per heavy atom. The monoisotopic (exact) mass is 449 g/mol. The van der Waals surface area contributed by atoms with Crippen LogP contribution in [0.25, 0.3) is 10.8 Å². The molecule has 2 heterocycles. The number of nitrogens with one attached hydrogen (secondary N) is 2. The second kappa shape index (κ2) is 10.2. The van der Waals surface area contributed by atoms with Gasteiger partial charge in [-0.3, -0.25) is 4.79 Å². The van der Waals surface area contributed by atoms with Crippen molar-refractivity contribution in [2.45, 2.75) is 30.8 Å². The fourth-order valence-corrected chi connectivity index (χ4v) is 4.41. The summed E-state index contributed by atoms with van der Waals surface area (Å²) in [6.07, 6.45) is 1.46. The van der Waals surface area contributed by atoms with Crippen LogP contribution >= 0.6 is 0 Å². The van der Waals surface area contributed by atoms with Crippen LogP contribution in [-0.2, 0) is 16.0 Å². The number of likely N-dealkylation sites (tertiary alicyclic amines) is 1. The largest absolute Gasteiger partial charge is 0.378 e. The maximum absolute atomic E-state index is 13.4. The van der Waals surface area contributed by atoms with E-state index in [2.05, 4.69) is 21.6 Å². The van der Waals surface area contributed by atoms with Gasteiger partial charge in [0.1, 0.15) is 11.6 Å². The fourth-order valence-electron chi connectivity index (χ4n) is 4.41. The van der Waals surface area contributed by atoms with Gasteiger partial charge in [-0.2, -0.15) is 5.26 Å². The van der Waals surface area contributed by atoms with Crippen LogP contribution in [0.3, 0.4) is 0 Å². The predicted octanol–water partition coefficient (Wildman–Crippen LogP) is 1.90. The van der Waals surface area contributed by atoms with Gasteiger partial charge in [0.2, 0.25) is 5.91 Å². The van der Waals surface area contributed by atoms with Crippen molar-refractivity contribution in [1.29, 1.82) is 5.26 Å². The number of morpholine rings is 1. The van der Waals surface area contributed by atoms with Gasteiger partial charge in [0, 0.05) is 32.6 Å². The normalized spacial score (nSPS) is 19.5. The fraction of sp³-hybridized carbons (Fsp3) is 0.480. The molecule has 8 nitrogen and oxygen atoms in total. The van der Waals surface area contributed by atoms with E-state index in [-0.39, 0.29) is 11.9 Å². The maximum Gasteiger partial charge on any atom is 0.318 e. The Morgan fingerprint density at radius 1 is 1.09 bits per heavy atom. The number of ether oxygens (including phenoxy) is 1. The molecule has 0 spiro atoms. The minimum Gasteiger partial charge on any atom is -0.378 e. The molecule has 0 radical (unpaired) electrons. The Balaban J connectivity index is 1.53. The van der Waals surface area contributed by atoms with Crippen LogP contribution in [0.2, 0.25) is 0 Å². The van der Waals surface area contributed by atoms with Crippen LogP contribution < -0.4 is 10.6 Å². The number of nitrogens with zero attached hydrogens (tertiary/aromatic N) is 3. The third-order valence-corrected chi connectivity index (χ3v) is 6.58. The summed E-state index contributed by atoms with van der Waals surface area (Å²) in [5.74, 6) is -0.323. The van der Waals surface area contributed by atoms with E-state index in [4.69, 9.17) is 4.74 Å². The molecule has 33 heavy (non-hydrogen) atoms. The second-order valence-corrected chi connectivity index (χ2v) is 8.97. The number of fused-ring (bicyclic) bond motifs is 1. The number of carbonyl (C=O) groups excluding carboxylic acids is 2. The summed E-state index contributed by atoms with van der Waals surface area (Å²) < 4.78 is 5.33. The van der Waals surface area contributed by atoms with E-state index in [1.165, 1.54) is 0 Å². The minimum absolute atomic E-state index is 0.284. The van der Waals surface area contributed by atoms with Crippen molar-refractivity contribution in [3.63, 3.8) is 0 Å². The predicted molar refractivity (Wildman–Crippen MR) is 126 cm³/mol. The topological polar surface area (TPSA) is 97.7 Å². The Labute approximate surface area is 194 Å². The van der Waals surface area contributed by atoms with Crippen molar-refractivity contribution in [2.24, 2.45) is 0 Å². The van der Waals surface area contributed by atoms with E-state index < -0.39 is 11.6 Å². The highest BCUT2D eigenvalue weighted by molar-refractivity contribution is 5.88. The number of nitriles is 1. The first-order valence-electron chi connectivity index (χ1n) is 11.5. The van der Waals surface area contributed by atoms with Gasteiger partial charge in [0.15, 0.2) is 0 Å². The maximum atomic E-state index is 13.4. The molecule has 2 aliphatic heterocycles. The van der Waals surface area contributed by atoms with E-state index in [1.54, 1.807) is 4.90 Å². The van der Waals surface area contributed by atoms with E-state index in [1.807, 2.05) is 49.5 Å². The molecule has 2 aromatic carbocycles. The van der Waals surface area contributed by atoms with Crippen LogP contribution in [0, 0.1) is 11.3 Å². The van der Waals surface area contributed by atoms with E-state index in [0.29, 0.717) is 45.6 Å². The summed E-state index contributed by atoms with van der Waals surface area (Å²) >= 11 is 0. The molecule has 2 N–H and O–H groups in total. The Kier molecular flexibility index (Phi) is 7.11. The number of urea groups is 1. The third-order valence-electron chi connectivity index (χ3n) is 6.58. The number of rotatable bonds is 5. The second-order valence-electron chi connectivity index (χ2n) is 8.97. The lowest BCUT2D eigenvalue weighted by molar-refractivity contribution is -0.124. The number of hydrogen-bond acceptors (Lipinski definition) is 5. The molecule has 8 heteroatoms. The summed E-state index contributed by atoms with van der Waals surface area (Å²) in [7, 11) is 2.01. The van der Waals surface area contributed by atoms with Crippen molar-refractivity contribution < 1.29 is 14.3 Å². The average Bonchev–Trinajstić information content (AvgIpc) is 2.85. The van der Waals surface area contributed by atoms with E-state index >= 15 is 0 Å². The Bertz CT molecular complexity index is 1040. The van der Waals surface area contributed by atoms with Crippen molar-refractivity contribution in [1.82, 2.24) is 20.4 Å². The molecule has 174 valence electrons. The van der Waals surface area contributed by atoms with Crippen molar-refractivity contribution in [3.8, 4) is 6.07 Å². The van der Waals surface area contributed by atoms with Crippen LogP contribution in [-0.4, -0.2) is 79.8 Å². The molecule has 2 fully saturated rings. The molecule has 0 bridgehead atoms. The van der Waals surface area contributed by atoms with Gasteiger partial charge >= 0.3 is 6.03 Å². The Morgan fingerprint density at radius 3 is 2.48 bits per heavy atom. The van der Waals surface area contributed by atoms with Gasteiger partial charge < -0.3 is 25.2 Å². The summed E-state index contributed by atoms with van der Waals surface area (Å²) in [5.41, 5.74) is 0.0417. The van der Waals surface area contributed by atoms with E-state index in [9.17, 15) is 14.9 Å². The van der Waals surface area contributed by atoms with Gasteiger partial charge in [-0.1, -0.05) is 42.5 Å². The summed E-state index contributed by atoms with van der Waals surface area (Å²) in [6, 6.07) is 15.4. The van der Waals surface area contributed by atoms with Gasteiger partial charge in [0.25, 0.3) is 0 Å². The minimum atomic E-state index is -0.908. The zero-order chi connectivity index (χ0) is 23.3. The van der Waals surface area contributed by atoms with Crippen LogP contribution in [0.5, 0.6) is 0 Å². The van der Waals surface area contributed by atoms with Gasteiger partial charge in [0.05, 0.1) is 19.3 Å². The molecule has 0 saturated carbocycles. The highest BCUT2D eigenvalue weighted by atomic mass is 16.5. The number of benzene rings is 2. The third kappa shape index (κ3) is 5.62. The number of hydrogen-bond donors (Lipinski definition) is 2. The molecule has 0 aliphatic carbocycles. The zero-order valence-corrected chi connectivity index (χ0v) is 19.0. The standard InChI is InChI=1S/C25H31N5O3/c1-29-10-8-25(18-26,9-11-29)28-23(31)22(27-24(32)30-12-14-33-15-13-30)17-19-6-7-20-4-2-3-5-21(20)16-19/h2-7,16,22H,8-15,17H2,1H3,(H,27,32)(H,28,31). The molecule has 3 amide bonds. The Hall–Kier alpha value is -3.15. The summed E-state index contributed by atoms with van der Waals surface area (Å²) in [6.45, 7) is 3.43. The molecule has 2 aromatic rings. The van der Waals surface area contributed by atoms with Crippen molar-refractivity contribution in [3.05, 3.63) is 48.0 Å². The SMILES string of the molecule is CN1CCC(C#N)(NC(=O)C(Cc2ccc3ccccc3c2)NC(=O)N2CCOCC2)CC1. The van der Waals surface area contributed by atoms with Crippen LogP contribution in [0.15, 0.2) is 42.5 Å². The van der Waals surface area contributed by atoms with E-state index in [0.717, 1.165) is 29.4 Å². The molecule has 4 rings (SSSR count). The van der Waals surface area contributed by atoms with Crippen molar-refractivity contribution >= 4 is 22.7 Å². The van der Waals surface area contributed by atoms with Crippen molar-refractivity contribution in [2.75, 3.05) is 46.4 Å². The first kappa shape index (κ1) is 23.0.